The Balaban J connectivity index is 0.000000261. The molecule has 35 heavy (non-hydrogen) atoms. The molecule has 3 atom stereocenters. The van der Waals surface area contributed by atoms with E-state index in [2.05, 4.69) is 6.58 Å². The summed E-state index contributed by atoms with van der Waals surface area (Å²) >= 11 is 1.48. The van der Waals surface area contributed by atoms with Gasteiger partial charge in [0.15, 0.2) is 6.04 Å². The van der Waals surface area contributed by atoms with Crippen LogP contribution in [-0.4, -0.2) is 57.9 Å². The number of rotatable bonds is 5. The van der Waals surface area contributed by atoms with Crippen molar-refractivity contribution in [2.75, 3.05) is 5.75 Å². The number of β-lactam (4-membered cyclic amide) rings is 1. The first-order chi connectivity index (χ1) is 16.4. The lowest BCUT2D eigenvalue weighted by Gasteiger charge is -2.51. The number of carbonyl (C=O) groups is 2. The van der Waals surface area contributed by atoms with E-state index in [1.54, 1.807) is 12.1 Å². The minimum absolute atomic E-state index is 0.0352. The van der Waals surface area contributed by atoms with Crippen LogP contribution in [0.25, 0.3) is 0 Å². The number of esters is 1. The van der Waals surface area contributed by atoms with E-state index in [-0.39, 0.29) is 28.5 Å². The van der Waals surface area contributed by atoms with E-state index in [1.165, 1.54) is 53.1 Å². The van der Waals surface area contributed by atoms with Gasteiger partial charge in [-0.15, -0.1) is 11.8 Å². The van der Waals surface area contributed by atoms with Gasteiger partial charge in [0.2, 0.25) is 5.91 Å². The molecule has 0 bridgehead atoms. The van der Waals surface area contributed by atoms with Crippen molar-refractivity contribution in [1.29, 1.82) is 0 Å². The second-order valence-electron chi connectivity index (χ2n) is 7.85. The van der Waals surface area contributed by atoms with Crippen molar-refractivity contribution in [3.8, 4) is 0 Å². The van der Waals surface area contributed by atoms with Gasteiger partial charge in [-0.2, -0.15) is 8.42 Å². The molecule has 11 nitrogen and oxygen atoms in total. The molecule has 2 fully saturated rings. The molecular weight excluding hydrogens is 498 g/mol. The summed E-state index contributed by atoms with van der Waals surface area (Å²) in [6.45, 7) is 5.66. The number of thioether (sulfide) groups is 1. The zero-order chi connectivity index (χ0) is 25.9. The molecule has 13 heteroatoms. The van der Waals surface area contributed by atoms with Crippen molar-refractivity contribution in [3.63, 3.8) is 0 Å². The fraction of sp³-hybridized carbons (Fsp3) is 0.273. The zero-order valence-corrected chi connectivity index (χ0v) is 20.2. The van der Waals surface area contributed by atoms with E-state index in [1.807, 2.05) is 6.92 Å². The second-order valence-corrected chi connectivity index (χ2v) is 10.4. The molecule has 186 valence electrons. The van der Waals surface area contributed by atoms with Crippen LogP contribution >= 0.6 is 11.8 Å². The standard InChI is InChI=1S/C15H15N3O5S.C7H8O3S/c1-8-7-24-14-11(16)13(19)17(14)12(8)15(20)23-6-9-2-4-10(5-3-9)18(21)22;1-6-2-4-7(5-3-6)11(8,9)10/h2-5,11-12,14H,1,6-7,16H2;2-5H,1H3,(H,8,9,10)/t11?,12?,14-;/m1./s1. The molecule has 2 aromatic rings. The van der Waals surface area contributed by atoms with Gasteiger partial charge in [0.25, 0.3) is 15.8 Å². The number of benzene rings is 2. The molecule has 2 heterocycles. The van der Waals surface area contributed by atoms with Crippen molar-refractivity contribution in [2.45, 2.75) is 35.9 Å². The molecule has 0 spiro atoms. The van der Waals surface area contributed by atoms with E-state index in [0.717, 1.165) is 5.56 Å². The number of nitro benzene ring substituents is 1. The third-order valence-electron chi connectivity index (χ3n) is 5.30. The molecule has 0 radical (unpaired) electrons. The van der Waals surface area contributed by atoms with Crippen LogP contribution in [0.3, 0.4) is 0 Å². The smallest absolute Gasteiger partial charge is 0.333 e. The quantitative estimate of drug-likeness (QED) is 0.148. The van der Waals surface area contributed by atoms with Crippen molar-refractivity contribution in [3.05, 3.63) is 81.9 Å². The van der Waals surface area contributed by atoms with E-state index in [9.17, 15) is 28.1 Å². The number of nitrogens with zero attached hydrogens (tertiary/aromatic N) is 2. The lowest BCUT2D eigenvalue weighted by atomic mass is 9.99. The fourth-order valence-electron chi connectivity index (χ4n) is 3.37. The largest absolute Gasteiger partial charge is 0.459 e. The van der Waals surface area contributed by atoms with Gasteiger partial charge in [-0.25, -0.2) is 4.79 Å². The van der Waals surface area contributed by atoms with E-state index >= 15 is 0 Å². The van der Waals surface area contributed by atoms with Crippen LogP contribution in [0.15, 0.2) is 65.6 Å². The predicted octanol–water partition coefficient (Wildman–Crippen LogP) is 2.05. The van der Waals surface area contributed by atoms with E-state index in [0.29, 0.717) is 16.9 Å². The number of carbonyl (C=O) groups excluding carboxylic acids is 2. The Morgan fingerprint density at radius 2 is 1.86 bits per heavy atom. The summed E-state index contributed by atoms with van der Waals surface area (Å²) in [5, 5.41) is 10.4. The molecule has 2 aliphatic rings. The van der Waals surface area contributed by atoms with Crippen LogP contribution in [-0.2, 0) is 31.1 Å². The van der Waals surface area contributed by atoms with Gasteiger partial charge in [0.1, 0.15) is 18.0 Å². The van der Waals surface area contributed by atoms with Crippen molar-refractivity contribution >= 4 is 39.4 Å². The van der Waals surface area contributed by atoms with Gasteiger partial charge in [-0.3, -0.25) is 19.5 Å². The fourth-order valence-corrected chi connectivity index (χ4v) is 5.11. The Morgan fingerprint density at radius 3 is 2.40 bits per heavy atom. The average Bonchev–Trinajstić information content (AvgIpc) is 2.82. The number of non-ortho nitro benzene ring substituents is 1. The van der Waals surface area contributed by atoms with Crippen LogP contribution in [0, 0.1) is 17.0 Å². The number of aryl methyl sites for hydroxylation is 1. The van der Waals surface area contributed by atoms with E-state index in [4.69, 9.17) is 15.0 Å². The summed E-state index contributed by atoms with van der Waals surface area (Å²) in [6.07, 6.45) is 0. The summed E-state index contributed by atoms with van der Waals surface area (Å²) in [5.74, 6) is -0.311. The molecule has 2 saturated heterocycles. The molecule has 3 N–H and O–H groups in total. The zero-order valence-electron chi connectivity index (χ0n) is 18.6. The number of hydrogen-bond acceptors (Lipinski definition) is 9. The Hall–Kier alpha value is -3.26. The monoisotopic (exact) mass is 521 g/mol. The van der Waals surface area contributed by atoms with Crippen molar-refractivity contribution in [2.24, 2.45) is 5.73 Å². The minimum atomic E-state index is -4.02. The first-order valence-corrected chi connectivity index (χ1v) is 12.7. The number of nitrogens with two attached hydrogens (primary N) is 1. The highest BCUT2D eigenvalue weighted by Gasteiger charge is 2.54. The molecule has 0 aliphatic carbocycles. The average molecular weight is 522 g/mol. The molecule has 4 rings (SSSR count). The van der Waals surface area contributed by atoms with Crippen LogP contribution in [0.5, 0.6) is 0 Å². The predicted molar refractivity (Wildman–Crippen MR) is 128 cm³/mol. The Bertz CT molecular complexity index is 1250. The van der Waals surface area contributed by atoms with E-state index < -0.39 is 33.1 Å². The highest BCUT2D eigenvalue weighted by molar-refractivity contribution is 8.00. The Labute approximate surface area is 205 Å². The lowest BCUT2D eigenvalue weighted by molar-refractivity contribution is -0.384. The number of nitro groups is 1. The SMILES string of the molecule is C=C1CS[C@@H]2C(N)C(=O)N2C1C(=O)OCc1ccc([N+](=O)[O-])cc1.Cc1ccc(S(=O)(=O)O)cc1. The summed E-state index contributed by atoms with van der Waals surface area (Å²) < 4.78 is 34.8. The Morgan fingerprint density at radius 1 is 1.26 bits per heavy atom. The highest BCUT2D eigenvalue weighted by atomic mass is 32.2. The summed E-state index contributed by atoms with van der Waals surface area (Å²) in [4.78, 5) is 35.7. The molecule has 1 amide bonds. The van der Waals surface area contributed by atoms with Gasteiger partial charge < -0.3 is 15.4 Å². The third kappa shape index (κ3) is 6.06. The molecule has 2 aliphatic heterocycles. The normalized spacial score (nSPS) is 21.2. The van der Waals surface area contributed by atoms with Crippen LogP contribution < -0.4 is 5.73 Å². The minimum Gasteiger partial charge on any atom is -0.459 e. The third-order valence-corrected chi connectivity index (χ3v) is 7.56. The number of ether oxygens (including phenoxy) is 1. The molecule has 0 aromatic heterocycles. The van der Waals surface area contributed by atoms with Crippen LogP contribution in [0.1, 0.15) is 11.1 Å². The number of fused-ring (bicyclic) bond motifs is 1. The molecule has 2 unspecified atom stereocenters. The lowest BCUT2D eigenvalue weighted by Crippen LogP contribution is -2.73. The summed E-state index contributed by atoms with van der Waals surface area (Å²) in [7, 11) is -4.02. The molecule has 0 saturated carbocycles. The Kier molecular flexibility index (Phi) is 7.95. The topological polar surface area (TPSA) is 170 Å². The number of amides is 1. The molecule has 2 aromatic carbocycles. The first-order valence-electron chi connectivity index (χ1n) is 10.2. The maximum Gasteiger partial charge on any atom is 0.333 e. The second kappa shape index (κ2) is 10.6. The van der Waals surface area contributed by atoms with Gasteiger partial charge in [-0.1, -0.05) is 24.3 Å². The maximum atomic E-state index is 12.4. The van der Waals surface area contributed by atoms with Gasteiger partial charge in [-0.05, 0) is 42.3 Å². The van der Waals surface area contributed by atoms with Gasteiger partial charge >= 0.3 is 5.97 Å². The van der Waals surface area contributed by atoms with Crippen LogP contribution in [0.2, 0.25) is 0 Å². The van der Waals surface area contributed by atoms with Crippen molar-refractivity contribution in [1.82, 2.24) is 4.90 Å². The summed E-state index contributed by atoms with van der Waals surface area (Å²) in [6, 6.07) is 10.3. The molecular formula is C22H23N3O8S2. The maximum absolute atomic E-state index is 12.4. The van der Waals surface area contributed by atoms with Crippen molar-refractivity contribution < 1.29 is 32.2 Å². The summed E-state index contributed by atoms with van der Waals surface area (Å²) in [5.41, 5.74) is 7.88. The van der Waals surface area contributed by atoms with Gasteiger partial charge in [0.05, 0.1) is 9.82 Å². The first kappa shape index (κ1) is 26.3. The number of hydrogen-bond donors (Lipinski definition) is 2. The van der Waals surface area contributed by atoms with Gasteiger partial charge in [0, 0.05) is 17.9 Å². The highest BCUT2D eigenvalue weighted by Crippen LogP contribution is 2.39. The van der Waals surface area contributed by atoms with Crippen LogP contribution in [0.4, 0.5) is 5.69 Å².